The number of hydrogen-bond acceptors (Lipinski definition) is 6. The highest BCUT2D eigenvalue weighted by molar-refractivity contribution is 8.18. The number of carboxylic acids is 1. The summed E-state index contributed by atoms with van der Waals surface area (Å²) in [5, 5.41) is 9.49. The van der Waals surface area contributed by atoms with Crippen molar-refractivity contribution in [3.05, 3.63) is 71.2 Å². The molecule has 0 atom stereocenters. The molecule has 1 aliphatic rings. The number of aromatic carboxylic acids is 1. The summed E-state index contributed by atoms with van der Waals surface area (Å²) in [6.07, 6.45) is 3.41. The molecule has 0 aromatic heterocycles. The molecule has 1 heterocycles. The monoisotopic (exact) mass is 424 g/mol. The quantitative estimate of drug-likeness (QED) is 0.530. The van der Waals surface area contributed by atoms with E-state index in [1.807, 2.05) is 6.07 Å². The van der Waals surface area contributed by atoms with Gasteiger partial charge in [0.25, 0.3) is 5.91 Å². The van der Waals surface area contributed by atoms with Crippen molar-refractivity contribution in [3.63, 3.8) is 0 Å². The SMILES string of the molecule is C=CCOc1ccc(/C=C2\SC(=Nc3ccc(C(=O)O)cc3)N(C)C2=O)cc1OC. The Morgan fingerprint density at radius 1 is 1.23 bits per heavy atom. The number of carboxylic acid groups (broad SMARTS) is 1. The zero-order valence-electron chi connectivity index (χ0n) is 16.5. The minimum absolute atomic E-state index is 0.174. The number of methoxy groups -OCH3 is 1. The fourth-order valence-electron chi connectivity index (χ4n) is 2.63. The molecule has 2 aromatic carbocycles. The lowest BCUT2D eigenvalue weighted by Crippen LogP contribution is -2.23. The van der Waals surface area contributed by atoms with E-state index in [2.05, 4.69) is 11.6 Å². The first-order chi connectivity index (χ1) is 14.4. The highest BCUT2D eigenvalue weighted by Crippen LogP contribution is 2.35. The van der Waals surface area contributed by atoms with E-state index in [1.54, 1.807) is 50.6 Å². The number of hydrogen-bond donors (Lipinski definition) is 1. The third kappa shape index (κ3) is 4.72. The Labute approximate surface area is 178 Å². The van der Waals surface area contributed by atoms with E-state index in [0.29, 0.717) is 33.9 Å². The fourth-order valence-corrected chi connectivity index (χ4v) is 3.62. The summed E-state index contributed by atoms with van der Waals surface area (Å²) < 4.78 is 10.9. The highest BCUT2D eigenvalue weighted by atomic mass is 32.2. The van der Waals surface area contributed by atoms with Crippen molar-refractivity contribution in [3.8, 4) is 11.5 Å². The Balaban J connectivity index is 1.84. The number of amidine groups is 1. The number of rotatable bonds is 7. The molecule has 2 aromatic rings. The van der Waals surface area contributed by atoms with E-state index in [1.165, 1.54) is 28.8 Å². The summed E-state index contributed by atoms with van der Waals surface area (Å²) in [6.45, 7) is 3.99. The number of thioether (sulfide) groups is 1. The Morgan fingerprint density at radius 2 is 1.97 bits per heavy atom. The van der Waals surface area contributed by atoms with Crippen molar-refractivity contribution in [2.75, 3.05) is 20.8 Å². The number of carbonyl (C=O) groups excluding carboxylic acids is 1. The molecule has 1 aliphatic heterocycles. The molecule has 30 heavy (non-hydrogen) atoms. The maximum atomic E-state index is 12.6. The van der Waals surface area contributed by atoms with Crippen LogP contribution in [0, 0.1) is 0 Å². The largest absolute Gasteiger partial charge is 0.493 e. The molecule has 1 fully saturated rings. The van der Waals surface area contributed by atoms with Gasteiger partial charge in [0.15, 0.2) is 16.7 Å². The summed E-state index contributed by atoms with van der Waals surface area (Å²) in [5.74, 6) is -0.0262. The van der Waals surface area contributed by atoms with Gasteiger partial charge in [-0.2, -0.15) is 0 Å². The predicted octanol–water partition coefficient (Wildman–Crippen LogP) is 4.19. The van der Waals surface area contributed by atoms with E-state index >= 15 is 0 Å². The number of nitrogens with zero attached hydrogens (tertiary/aromatic N) is 2. The van der Waals surface area contributed by atoms with Crippen LogP contribution in [0.25, 0.3) is 6.08 Å². The molecule has 0 spiro atoms. The predicted molar refractivity (Wildman–Crippen MR) is 118 cm³/mol. The fraction of sp³-hybridized carbons (Fsp3) is 0.136. The van der Waals surface area contributed by atoms with Crippen molar-refractivity contribution in [2.24, 2.45) is 4.99 Å². The van der Waals surface area contributed by atoms with Crippen molar-refractivity contribution in [2.45, 2.75) is 0 Å². The molecule has 1 amide bonds. The van der Waals surface area contributed by atoms with Gasteiger partial charge in [0.1, 0.15) is 6.61 Å². The summed E-state index contributed by atoms with van der Waals surface area (Å²) in [5.41, 5.74) is 1.53. The lowest BCUT2D eigenvalue weighted by atomic mass is 10.2. The Bertz CT molecular complexity index is 1040. The summed E-state index contributed by atoms with van der Waals surface area (Å²) in [4.78, 5) is 30.0. The number of likely N-dealkylation sites (N-methyl/N-ethyl adjacent to an activating group) is 1. The minimum atomic E-state index is -1.00. The van der Waals surface area contributed by atoms with Gasteiger partial charge in [-0.1, -0.05) is 18.7 Å². The second-order valence-corrected chi connectivity index (χ2v) is 7.24. The summed E-state index contributed by atoms with van der Waals surface area (Å²) in [7, 11) is 3.20. The maximum absolute atomic E-state index is 12.6. The average Bonchev–Trinajstić information content (AvgIpc) is 3.00. The standard InChI is InChI=1S/C22H20N2O5S/c1-4-11-29-17-10-5-14(12-18(17)28-3)13-19-20(25)24(2)22(30-19)23-16-8-6-15(7-9-16)21(26)27/h4-10,12-13H,1,11H2,2-3H3,(H,26,27)/b19-13-,23-22?. The number of benzene rings is 2. The van der Waals surface area contributed by atoms with Crippen LogP contribution in [-0.2, 0) is 4.79 Å². The smallest absolute Gasteiger partial charge is 0.335 e. The average molecular weight is 424 g/mol. The molecule has 0 radical (unpaired) electrons. The molecular formula is C22H20N2O5S. The Morgan fingerprint density at radius 3 is 2.60 bits per heavy atom. The molecule has 154 valence electrons. The van der Waals surface area contributed by atoms with Crippen molar-refractivity contribution in [1.29, 1.82) is 0 Å². The second kappa shape index (κ2) is 9.32. The van der Waals surface area contributed by atoms with E-state index in [0.717, 1.165) is 5.56 Å². The van der Waals surface area contributed by atoms with Gasteiger partial charge in [-0.3, -0.25) is 9.69 Å². The molecule has 0 bridgehead atoms. The van der Waals surface area contributed by atoms with Gasteiger partial charge >= 0.3 is 5.97 Å². The maximum Gasteiger partial charge on any atom is 0.335 e. The number of carbonyl (C=O) groups is 2. The first kappa shape index (κ1) is 21.2. The molecular weight excluding hydrogens is 404 g/mol. The zero-order chi connectivity index (χ0) is 21.7. The van der Waals surface area contributed by atoms with Crippen molar-refractivity contribution >= 4 is 40.6 Å². The van der Waals surface area contributed by atoms with E-state index in [9.17, 15) is 9.59 Å². The van der Waals surface area contributed by atoms with Crippen LogP contribution in [-0.4, -0.2) is 47.8 Å². The lowest BCUT2D eigenvalue weighted by Gasteiger charge is -2.10. The third-order valence-electron chi connectivity index (χ3n) is 4.18. The second-order valence-electron chi connectivity index (χ2n) is 6.23. The molecule has 1 saturated heterocycles. The molecule has 7 nitrogen and oxygen atoms in total. The van der Waals surface area contributed by atoms with Gasteiger partial charge in [-0.05, 0) is 59.8 Å². The zero-order valence-corrected chi connectivity index (χ0v) is 17.3. The third-order valence-corrected chi connectivity index (χ3v) is 5.24. The van der Waals surface area contributed by atoms with Crippen LogP contribution in [0.2, 0.25) is 0 Å². The van der Waals surface area contributed by atoms with Crippen LogP contribution < -0.4 is 9.47 Å². The van der Waals surface area contributed by atoms with Crippen LogP contribution >= 0.6 is 11.8 Å². The minimum Gasteiger partial charge on any atom is -0.493 e. The Hall–Kier alpha value is -3.52. The van der Waals surface area contributed by atoms with E-state index in [-0.39, 0.29) is 11.5 Å². The molecule has 8 heteroatoms. The van der Waals surface area contributed by atoms with Crippen LogP contribution in [0.4, 0.5) is 5.69 Å². The van der Waals surface area contributed by atoms with Gasteiger partial charge in [0, 0.05) is 7.05 Å². The summed E-state index contributed by atoms with van der Waals surface area (Å²) in [6, 6.07) is 11.6. The number of ether oxygens (including phenoxy) is 2. The van der Waals surface area contributed by atoms with Crippen LogP contribution in [0.1, 0.15) is 15.9 Å². The molecule has 0 saturated carbocycles. The molecule has 3 rings (SSSR count). The normalized spacial score (nSPS) is 16.2. The topological polar surface area (TPSA) is 88.4 Å². The van der Waals surface area contributed by atoms with Crippen molar-refractivity contribution < 1.29 is 24.2 Å². The number of amides is 1. The molecule has 1 N–H and O–H groups in total. The van der Waals surface area contributed by atoms with Crippen LogP contribution in [0.15, 0.2) is 65.0 Å². The first-order valence-corrected chi connectivity index (χ1v) is 9.76. The van der Waals surface area contributed by atoms with Crippen molar-refractivity contribution in [1.82, 2.24) is 4.90 Å². The van der Waals surface area contributed by atoms with Crippen LogP contribution in [0.3, 0.4) is 0 Å². The van der Waals surface area contributed by atoms with E-state index < -0.39 is 5.97 Å². The number of aliphatic imine (C=N–C) groups is 1. The highest BCUT2D eigenvalue weighted by Gasteiger charge is 2.30. The van der Waals surface area contributed by atoms with Crippen LogP contribution in [0.5, 0.6) is 11.5 Å². The molecule has 0 aliphatic carbocycles. The molecule has 0 unspecified atom stereocenters. The van der Waals surface area contributed by atoms with Gasteiger partial charge in [-0.25, -0.2) is 9.79 Å². The van der Waals surface area contributed by atoms with Gasteiger partial charge in [0.2, 0.25) is 0 Å². The summed E-state index contributed by atoms with van der Waals surface area (Å²) >= 11 is 1.24. The Kier molecular flexibility index (Phi) is 6.58. The van der Waals surface area contributed by atoms with Gasteiger partial charge < -0.3 is 14.6 Å². The lowest BCUT2D eigenvalue weighted by molar-refractivity contribution is -0.121. The van der Waals surface area contributed by atoms with Gasteiger partial charge in [0.05, 0.1) is 23.3 Å². The van der Waals surface area contributed by atoms with E-state index in [4.69, 9.17) is 14.6 Å². The first-order valence-electron chi connectivity index (χ1n) is 8.94. The van der Waals surface area contributed by atoms with Gasteiger partial charge in [-0.15, -0.1) is 0 Å².